The number of furan rings is 4. The SMILES string of the molecule is c1ccc(N(c2cc(N(c3ccccc3)c3cccc4c3oc3c(C5CCCCC5)cc5ccccc5c34)c3ccc4c(N(c5ccccc5)c5cccc6c5oc5c(C7CCCCC7)cc7ccccc7c56)cc(N(c5ccccc5)c5cccc6c5oc5c(C7CCCCC7)cc7ccccc7c56)c5ccc2c3c54)c2cccc3c2oc2c(C4CCCCC4)cc4ccccc4c23)cc1. The van der Waals surface area contributed by atoms with Gasteiger partial charge >= 0.3 is 0 Å². The third-order valence-corrected chi connectivity index (χ3v) is 32.0. The molecule has 0 spiro atoms. The van der Waals surface area contributed by atoms with Gasteiger partial charge in [0.15, 0.2) is 22.3 Å². The van der Waals surface area contributed by atoms with E-state index in [1.165, 1.54) is 164 Å². The van der Waals surface area contributed by atoms with Gasteiger partial charge in [-0.15, -0.1) is 0 Å². The molecule has 0 N–H and O–H groups in total. The highest BCUT2D eigenvalue weighted by molar-refractivity contribution is 6.35. The fourth-order valence-corrected chi connectivity index (χ4v) is 25.8. The van der Waals surface area contributed by atoms with Crippen LogP contribution in [0.25, 0.3) is 163 Å². The van der Waals surface area contributed by atoms with E-state index in [0.717, 1.165) is 218 Å². The van der Waals surface area contributed by atoms with Crippen molar-refractivity contribution in [2.45, 2.75) is 152 Å². The molecular weight excluding hydrogens is 1660 g/mol. The van der Waals surface area contributed by atoms with Crippen molar-refractivity contribution in [1.29, 1.82) is 0 Å². The number of fused-ring (bicyclic) bond motifs is 20. The van der Waals surface area contributed by atoms with Gasteiger partial charge in [0.1, 0.15) is 22.3 Å². The van der Waals surface area contributed by atoms with Crippen molar-refractivity contribution < 1.29 is 17.7 Å². The van der Waals surface area contributed by atoms with E-state index < -0.39 is 0 Å². The lowest BCUT2D eigenvalue weighted by atomic mass is 9.82. The van der Waals surface area contributed by atoms with Gasteiger partial charge in [-0.2, -0.15) is 0 Å². The maximum Gasteiger partial charge on any atom is 0.159 e. The summed E-state index contributed by atoms with van der Waals surface area (Å²) in [5, 5.41) is 25.3. The van der Waals surface area contributed by atoms with Crippen LogP contribution < -0.4 is 19.6 Å². The average Bonchev–Trinajstić information content (AvgIpc) is 0.892. The normalized spacial score (nSPS) is 15.4. The zero-order valence-electron chi connectivity index (χ0n) is 76.4. The molecule has 8 nitrogen and oxygen atoms in total. The number of para-hydroxylation sites is 8. The van der Waals surface area contributed by atoms with Crippen LogP contribution in [0, 0.1) is 0 Å². The van der Waals surface area contributed by atoms with E-state index in [1.807, 2.05) is 0 Å². The first-order valence-corrected chi connectivity index (χ1v) is 50.2. The highest BCUT2D eigenvalue weighted by atomic mass is 16.3. The van der Waals surface area contributed by atoms with Gasteiger partial charge < -0.3 is 37.3 Å². The molecule has 8 heteroatoms. The molecule has 4 aliphatic carbocycles. The minimum Gasteiger partial charge on any atom is -0.454 e. The van der Waals surface area contributed by atoms with Crippen molar-refractivity contribution in [2.24, 2.45) is 0 Å². The molecule has 4 fully saturated rings. The van der Waals surface area contributed by atoms with Crippen LogP contribution in [0.3, 0.4) is 0 Å². The Balaban J connectivity index is 0.797. The zero-order valence-corrected chi connectivity index (χ0v) is 76.4. The van der Waals surface area contributed by atoms with Gasteiger partial charge in [0.25, 0.3) is 0 Å². The van der Waals surface area contributed by atoms with E-state index in [2.05, 4.69) is 371 Å². The lowest BCUT2D eigenvalue weighted by molar-refractivity contribution is 0.442. The second-order valence-electron chi connectivity index (χ2n) is 39.5. The smallest absolute Gasteiger partial charge is 0.159 e. The van der Waals surface area contributed by atoms with Crippen LogP contribution in [0.1, 0.15) is 174 Å². The first-order chi connectivity index (χ1) is 67.5. The maximum atomic E-state index is 7.98. The monoisotopic (exact) mass is 1760 g/mol. The van der Waals surface area contributed by atoms with Crippen LogP contribution in [-0.2, 0) is 0 Å². The van der Waals surface area contributed by atoms with Crippen molar-refractivity contribution in [2.75, 3.05) is 19.6 Å². The molecule has 0 saturated heterocycles. The van der Waals surface area contributed by atoms with Crippen LogP contribution in [0.4, 0.5) is 68.2 Å². The molecular formula is C128H102N4O4. The van der Waals surface area contributed by atoms with E-state index >= 15 is 0 Å². The Morgan fingerprint density at radius 2 is 0.360 bits per heavy atom. The van der Waals surface area contributed by atoms with Crippen LogP contribution in [0.2, 0.25) is 0 Å². The van der Waals surface area contributed by atoms with Gasteiger partial charge in [0, 0.05) is 98.2 Å². The Kier molecular flexibility index (Phi) is 18.9. The molecule has 4 aromatic heterocycles. The van der Waals surface area contributed by atoms with Crippen molar-refractivity contribution in [3.8, 4) is 0 Å². The van der Waals surface area contributed by atoms with E-state index in [-0.39, 0.29) is 0 Å². The van der Waals surface area contributed by atoms with E-state index in [4.69, 9.17) is 17.7 Å². The number of hydrogen-bond donors (Lipinski definition) is 0. The molecule has 658 valence electrons. The molecule has 0 aliphatic heterocycles. The standard InChI is InChI=1S/C128H102N4O4/c1-9-37-79(38-10-1)103-73-83-45-25-29-57-91(83)117-99-61-33-65-107(121(99)133-125(103)117)129(87-49-17-5-18-50-87)111-77-112(130(88-51-19-6-20-52-88)108-66-34-62-100-118-92-58-30-26-46-84(92)74-104(126(118)134-122(100)108)80-39-11-2-12-40-80)96-71-72-98-114(132(90-55-23-8-24-56-90)110-68-36-64-102-120-94-60-32-28-48-86(94)76-106(128(120)136-124(102)110)82-43-15-4-16-44-82)78-113(97-70-69-95(111)115(96)116(97)98)131(89-53-21-7-22-54-89)109-67-35-63-101-119-93-59-31-27-47-85(93)75-105(127(119)135-123(101)109)81-41-13-3-14-42-81/h5-8,17-36,45-82H,1-4,9-16,37-44H2. The summed E-state index contributed by atoms with van der Waals surface area (Å²) in [6.07, 6.45) is 23.7. The number of benzene rings is 20. The van der Waals surface area contributed by atoms with E-state index in [0.29, 0.717) is 23.7 Å². The van der Waals surface area contributed by atoms with E-state index in [1.54, 1.807) is 0 Å². The van der Waals surface area contributed by atoms with Crippen molar-refractivity contribution in [3.63, 3.8) is 0 Å². The summed E-state index contributed by atoms with van der Waals surface area (Å²) in [4.78, 5) is 10.2. The van der Waals surface area contributed by atoms with Gasteiger partial charge in [-0.05, 0) is 250 Å². The quantitative estimate of drug-likeness (QED) is 0.0887. The maximum absolute atomic E-state index is 7.98. The lowest BCUT2D eigenvalue weighted by Crippen LogP contribution is -2.16. The summed E-state index contributed by atoms with van der Waals surface area (Å²) < 4.78 is 31.9. The number of nitrogens with zero attached hydrogens (tertiary/aromatic N) is 4. The van der Waals surface area contributed by atoms with Crippen molar-refractivity contribution >= 4 is 231 Å². The fourth-order valence-electron chi connectivity index (χ4n) is 25.8. The Morgan fingerprint density at radius 3 is 0.588 bits per heavy atom. The highest BCUT2D eigenvalue weighted by Gasteiger charge is 2.37. The Hall–Kier alpha value is -15.1. The third-order valence-electron chi connectivity index (χ3n) is 32.0. The van der Waals surface area contributed by atoms with Gasteiger partial charge in [-0.3, -0.25) is 0 Å². The molecule has 0 unspecified atom stereocenters. The summed E-state index contributed by atoms with van der Waals surface area (Å²) in [7, 11) is 0. The predicted octanol–water partition coefficient (Wildman–Crippen LogP) is 38.9. The third kappa shape index (κ3) is 12.5. The molecule has 0 atom stereocenters. The molecule has 136 heavy (non-hydrogen) atoms. The number of anilines is 12. The number of rotatable bonds is 16. The molecule has 24 aromatic rings. The number of hydrogen-bond acceptors (Lipinski definition) is 8. The molecule has 20 aromatic carbocycles. The van der Waals surface area contributed by atoms with Crippen LogP contribution >= 0.6 is 0 Å². The minimum atomic E-state index is 0.371. The molecule has 0 radical (unpaired) electrons. The largest absolute Gasteiger partial charge is 0.454 e. The summed E-state index contributed by atoms with van der Waals surface area (Å²) in [5.41, 5.74) is 24.2. The summed E-state index contributed by atoms with van der Waals surface area (Å²) in [5.74, 6) is 1.48. The fraction of sp³-hybridized carbons (Fsp3) is 0.188. The molecule has 0 bridgehead atoms. The van der Waals surface area contributed by atoms with Gasteiger partial charge in [-0.25, -0.2) is 0 Å². The van der Waals surface area contributed by atoms with Crippen molar-refractivity contribution in [1.82, 2.24) is 0 Å². The highest BCUT2D eigenvalue weighted by Crippen LogP contribution is 2.61. The Bertz CT molecular complexity index is 7850. The molecule has 0 amide bonds. The van der Waals surface area contributed by atoms with E-state index in [9.17, 15) is 0 Å². The predicted molar refractivity (Wildman–Crippen MR) is 571 cm³/mol. The zero-order chi connectivity index (χ0) is 89.2. The first kappa shape index (κ1) is 79.4. The van der Waals surface area contributed by atoms with Gasteiger partial charge in [-0.1, -0.05) is 320 Å². The van der Waals surface area contributed by atoms with Gasteiger partial charge in [0.05, 0.1) is 45.5 Å². The van der Waals surface area contributed by atoms with Crippen LogP contribution in [0.5, 0.6) is 0 Å². The molecule has 4 aliphatic rings. The molecule has 4 saturated carbocycles. The van der Waals surface area contributed by atoms with Crippen molar-refractivity contribution in [3.05, 3.63) is 374 Å². The lowest BCUT2D eigenvalue weighted by Gasteiger charge is -2.34. The second kappa shape index (κ2) is 32.3. The summed E-state index contributed by atoms with van der Waals surface area (Å²) in [6.45, 7) is 0. The van der Waals surface area contributed by atoms with Crippen LogP contribution in [-0.4, -0.2) is 0 Å². The molecule has 4 heterocycles. The summed E-state index contributed by atoms with van der Waals surface area (Å²) in [6, 6.07) is 133. The second-order valence-corrected chi connectivity index (χ2v) is 39.5. The first-order valence-electron chi connectivity index (χ1n) is 50.2. The molecule has 28 rings (SSSR count). The minimum absolute atomic E-state index is 0.371. The topological polar surface area (TPSA) is 65.5 Å². The van der Waals surface area contributed by atoms with Crippen LogP contribution in [0.15, 0.2) is 370 Å². The Morgan fingerprint density at radius 1 is 0.154 bits per heavy atom. The Labute approximate surface area is 789 Å². The summed E-state index contributed by atoms with van der Waals surface area (Å²) >= 11 is 0. The van der Waals surface area contributed by atoms with Gasteiger partial charge in [0.2, 0.25) is 0 Å². The average molecular weight is 1760 g/mol.